The van der Waals surface area contributed by atoms with Crippen LogP contribution in [0.4, 0.5) is 0 Å². The molecule has 0 aliphatic heterocycles. The van der Waals surface area contributed by atoms with Crippen LogP contribution in [0, 0.1) is 5.92 Å². The minimum atomic E-state index is 0.319. The minimum Gasteiger partial charge on any atom is -0.396 e. The zero-order valence-electron chi connectivity index (χ0n) is 11.2. The molecule has 0 fully saturated rings. The van der Waals surface area contributed by atoms with Gasteiger partial charge in [0.15, 0.2) is 0 Å². The molecule has 2 atom stereocenters. The van der Waals surface area contributed by atoms with Crippen LogP contribution in [-0.2, 0) is 13.5 Å². The molecule has 18 heavy (non-hydrogen) atoms. The predicted octanol–water partition coefficient (Wildman–Crippen LogP) is 3.23. The van der Waals surface area contributed by atoms with E-state index in [9.17, 15) is 5.11 Å². The molecule has 2 heteroatoms. The molecule has 2 unspecified atom stereocenters. The molecule has 1 aliphatic rings. The fraction of sp³-hybridized carbons (Fsp3) is 0.500. The minimum absolute atomic E-state index is 0.319. The monoisotopic (exact) mass is 243 g/mol. The van der Waals surface area contributed by atoms with Gasteiger partial charge in [-0.3, -0.25) is 0 Å². The Morgan fingerprint density at radius 3 is 2.83 bits per heavy atom. The Morgan fingerprint density at radius 2 is 2.11 bits per heavy atom. The summed E-state index contributed by atoms with van der Waals surface area (Å²) in [5, 5.41) is 10.9. The van der Waals surface area contributed by atoms with E-state index in [0.717, 1.165) is 19.3 Å². The number of aromatic nitrogens is 1. The maximum absolute atomic E-state index is 9.50. The van der Waals surface area contributed by atoms with Gasteiger partial charge in [0.1, 0.15) is 0 Å². The van der Waals surface area contributed by atoms with E-state index in [1.807, 2.05) is 0 Å². The molecule has 1 N–H and O–H groups in total. The van der Waals surface area contributed by atoms with Gasteiger partial charge in [0.05, 0.1) is 0 Å². The molecule has 0 bridgehead atoms. The molecule has 1 heterocycles. The van der Waals surface area contributed by atoms with E-state index in [4.69, 9.17) is 0 Å². The number of hydrogen-bond donors (Lipinski definition) is 1. The van der Waals surface area contributed by atoms with Crippen molar-refractivity contribution in [3.8, 4) is 0 Å². The van der Waals surface area contributed by atoms with Crippen LogP contribution in [0.25, 0.3) is 10.9 Å². The van der Waals surface area contributed by atoms with Crippen LogP contribution in [-0.4, -0.2) is 16.3 Å². The second kappa shape index (κ2) is 4.43. The Bertz CT molecular complexity index is 570. The van der Waals surface area contributed by atoms with Crippen molar-refractivity contribution in [3.05, 3.63) is 35.5 Å². The molecule has 1 aromatic heterocycles. The van der Waals surface area contributed by atoms with Gasteiger partial charge in [0.25, 0.3) is 0 Å². The van der Waals surface area contributed by atoms with E-state index < -0.39 is 0 Å². The van der Waals surface area contributed by atoms with Crippen LogP contribution in [0.2, 0.25) is 0 Å². The van der Waals surface area contributed by atoms with Gasteiger partial charge in [-0.15, -0.1) is 0 Å². The molecular weight excluding hydrogens is 222 g/mol. The number of benzene rings is 1. The number of fused-ring (bicyclic) bond motifs is 3. The van der Waals surface area contributed by atoms with Crippen molar-refractivity contribution in [1.82, 2.24) is 4.57 Å². The summed E-state index contributed by atoms with van der Waals surface area (Å²) in [5.41, 5.74) is 4.31. The van der Waals surface area contributed by atoms with Gasteiger partial charge >= 0.3 is 0 Å². The van der Waals surface area contributed by atoms with E-state index in [-0.39, 0.29) is 0 Å². The van der Waals surface area contributed by atoms with Gasteiger partial charge in [-0.2, -0.15) is 0 Å². The Balaban J connectivity index is 2.24. The first-order chi connectivity index (χ1) is 8.76. The lowest BCUT2D eigenvalue weighted by atomic mass is 9.79. The topological polar surface area (TPSA) is 25.2 Å². The third-order valence-corrected chi connectivity index (χ3v) is 4.51. The number of aryl methyl sites for hydroxylation is 1. The molecule has 0 saturated carbocycles. The summed E-state index contributed by atoms with van der Waals surface area (Å²) in [6.07, 6.45) is 3.32. The van der Waals surface area contributed by atoms with E-state index in [0.29, 0.717) is 18.4 Å². The number of para-hydroxylation sites is 1. The first kappa shape index (κ1) is 11.8. The van der Waals surface area contributed by atoms with Crippen molar-refractivity contribution in [2.75, 3.05) is 6.61 Å². The Labute approximate surface area is 108 Å². The molecule has 3 rings (SSSR count). The van der Waals surface area contributed by atoms with Crippen LogP contribution in [0.5, 0.6) is 0 Å². The van der Waals surface area contributed by atoms with Crippen LogP contribution >= 0.6 is 0 Å². The number of aliphatic hydroxyl groups is 1. The lowest BCUT2D eigenvalue weighted by molar-refractivity contribution is 0.201. The molecule has 1 aromatic carbocycles. The number of rotatable bonds is 2. The molecule has 0 spiro atoms. The van der Waals surface area contributed by atoms with E-state index >= 15 is 0 Å². The van der Waals surface area contributed by atoms with Crippen LogP contribution in [0.1, 0.15) is 36.9 Å². The maximum atomic E-state index is 9.50. The third-order valence-electron chi connectivity index (χ3n) is 4.51. The smallest absolute Gasteiger partial charge is 0.0482 e. The number of hydrogen-bond acceptors (Lipinski definition) is 1. The predicted molar refractivity (Wildman–Crippen MR) is 74.8 cm³/mol. The molecule has 96 valence electrons. The molecule has 1 aliphatic carbocycles. The van der Waals surface area contributed by atoms with E-state index in [1.165, 1.54) is 22.2 Å². The first-order valence-electron chi connectivity index (χ1n) is 6.93. The summed E-state index contributed by atoms with van der Waals surface area (Å²) in [7, 11) is 2.18. The summed E-state index contributed by atoms with van der Waals surface area (Å²) >= 11 is 0. The van der Waals surface area contributed by atoms with Gasteiger partial charge in [-0.1, -0.05) is 25.1 Å². The Hall–Kier alpha value is -1.28. The maximum Gasteiger partial charge on any atom is 0.0482 e. The highest BCUT2D eigenvalue weighted by molar-refractivity contribution is 5.86. The van der Waals surface area contributed by atoms with Crippen LogP contribution in [0.15, 0.2) is 24.3 Å². The lowest BCUT2D eigenvalue weighted by Gasteiger charge is -2.29. The zero-order chi connectivity index (χ0) is 12.7. The standard InChI is InChI=1S/C16H21NO/c1-3-12-8-11(10-18)9-14-13-6-4-5-7-15(13)17(2)16(12)14/h4-7,11-12,18H,3,8-10H2,1-2H3. The second-order valence-electron chi connectivity index (χ2n) is 5.53. The fourth-order valence-corrected chi connectivity index (χ4v) is 3.61. The van der Waals surface area contributed by atoms with E-state index in [2.05, 4.69) is 42.8 Å². The lowest BCUT2D eigenvalue weighted by Crippen LogP contribution is -2.22. The molecular formula is C16H21NO. The molecule has 0 saturated heterocycles. The first-order valence-corrected chi connectivity index (χ1v) is 6.93. The molecule has 0 amide bonds. The number of aliphatic hydroxyl groups excluding tert-OH is 1. The summed E-state index contributed by atoms with van der Waals surface area (Å²) in [6, 6.07) is 8.65. The van der Waals surface area contributed by atoms with Gasteiger partial charge in [-0.25, -0.2) is 0 Å². The Morgan fingerprint density at radius 1 is 1.33 bits per heavy atom. The van der Waals surface area contributed by atoms with Gasteiger partial charge < -0.3 is 9.67 Å². The molecule has 0 radical (unpaired) electrons. The second-order valence-corrected chi connectivity index (χ2v) is 5.53. The molecule has 2 nitrogen and oxygen atoms in total. The third kappa shape index (κ3) is 1.59. The summed E-state index contributed by atoms with van der Waals surface area (Å²) < 4.78 is 2.37. The summed E-state index contributed by atoms with van der Waals surface area (Å²) in [6.45, 7) is 2.57. The van der Waals surface area contributed by atoms with Gasteiger partial charge in [0, 0.05) is 30.3 Å². The largest absolute Gasteiger partial charge is 0.396 e. The summed E-state index contributed by atoms with van der Waals surface area (Å²) in [4.78, 5) is 0. The van der Waals surface area contributed by atoms with E-state index in [1.54, 1.807) is 0 Å². The van der Waals surface area contributed by atoms with Crippen LogP contribution < -0.4 is 0 Å². The molecule has 2 aromatic rings. The zero-order valence-corrected chi connectivity index (χ0v) is 11.2. The van der Waals surface area contributed by atoms with Crippen molar-refractivity contribution in [2.45, 2.75) is 32.1 Å². The summed E-state index contributed by atoms with van der Waals surface area (Å²) in [5.74, 6) is 1.04. The SMILES string of the molecule is CCC1CC(CO)Cc2c1n(C)c1ccccc21. The number of nitrogens with zero attached hydrogens (tertiary/aromatic N) is 1. The fourth-order valence-electron chi connectivity index (χ4n) is 3.61. The van der Waals surface area contributed by atoms with Crippen molar-refractivity contribution >= 4 is 10.9 Å². The normalized spacial score (nSPS) is 23.3. The van der Waals surface area contributed by atoms with Crippen molar-refractivity contribution in [2.24, 2.45) is 13.0 Å². The highest BCUT2D eigenvalue weighted by Gasteiger charge is 2.30. The average molecular weight is 243 g/mol. The quantitative estimate of drug-likeness (QED) is 0.860. The highest BCUT2D eigenvalue weighted by atomic mass is 16.3. The van der Waals surface area contributed by atoms with Crippen LogP contribution in [0.3, 0.4) is 0 Å². The highest BCUT2D eigenvalue weighted by Crippen LogP contribution is 2.41. The Kier molecular flexibility index (Phi) is 2.90. The van der Waals surface area contributed by atoms with Gasteiger partial charge in [-0.05, 0) is 42.7 Å². The average Bonchev–Trinajstić information content (AvgIpc) is 2.72. The van der Waals surface area contributed by atoms with Crippen molar-refractivity contribution in [1.29, 1.82) is 0 Å². The van der Waals surface area contributed by atoms with Crippen molar-refractivity contribution < 1.29 is 5.11 Å². The van der Waals surface area contributed by atoms with Crippen molar-refractivity contribution in [3.63, 3.8) is 0 Å². The van der Waals surface area contributed by atoms with Gasteiger partial charge in [0.2, 0.25) is 0 Å².